The third-order valence-electron chi connectivity index (χ3n) is 2.83. The van der Waals surface area contributed by atoms with Gasteiger partial charge in [-0.05, 0) is 30.5 Å². The molecule has 0 aliphatic carbocycles. The van der Waals surface area contributed by atoms with Crippen molar-refractivity contribution in [1.82, 2.24) is 5.32 Å². The predicted molar refractivity (Wildman–Crippen MR) is 83.2 cm³/mol. The molecule has 0 saturated heterocycles. The summed E-state index contributed by atoms with van der Waals surface area (Å²) in [6.07, 6.45) is 2.35. The highest BCUT2D eigenvalue weighted by Crippen LogP contribution is 2.02. The zero-order chi connectivity index (χ0) is 11.8. The lowest BCUT2D eigenvalue weighted by Gasteiger charge is -2.05. The molecule has 0 atom stereocenters. The fourth-order valence-corrected chi connectivity index (χ4v) is 1.89. The van der Waals surface area contributed by atoms with Crippen LogP contribution in [0, 0.1) is 0 Å². The molecule has 1 N–H and O–H groups in total. The van der Waals surface area contributed by atoms with Crippen LogP contribution in [0.2, 0.25) is 0 Å². The number of hydrogen-bond donors (Lipinski definition) is 1. The Morgan fingerprint density at radius 2 is 1.28 bits per heavy atom. The van der Waals surface area contributed by atoms with E-state index in [1.165, 1.54) is 17.5 Å². The fourth-order valence-electron chi connectivity index (χ4n) is 1.89. The van der Waals surface area contributed by atoms with Crippen molar-refractivity contribution in [2.24, 2.45) is 0 Å². The molecule has 1 nitrogen and oxygen atoms in total. The summed E-state index contributed by atoms with van der Waals surface area (Å²) in [6, 6.07) is 21.2. The lowest BCUT2D eigenvalue weighted by Crippen LogP contribution is -2.15. The van der Waals surface area contributed by atoms with Crippen molar-refractivity contribution in [3.05, 3.63) is 71.8 Å². The van der Waals surface area contributed by atoms with Gasteiger partial charge in [-0.25, -0.2) is 0 Å². The molecule has 0 saturated carbocycles. The van der Waals surface area contributed by atoms with Crippen LogP contribution in [0.15, 0.2) is 60.7 Å². The molecule has 0 fully saturated rings. The molecule has 0 radical (unpaired) electrons. The second-order valence-corrected chi connectivity index (χ2v) is 4.25. The van der Waals surface area contributed by atoms with Crippen molar-refractivity contribution >= 4 is 17.0 Å². The second kappa shape index (κ2) is 8.90. The number of hydrogen-bond acceptors (Lipinski definition) is 1. The van der Waals surface area contributed by atoms with Crippen LogP contribution in [0.25, 0.3) is 0 Å². The van der Waals surface area contributed by atoms with Crippen LogP contribution in [-0.4, -0.2) is 6.54 Å². The third-order valence-corrected chi connectivity index (χ3v) is 2.83. The highest BCUT2D eigenvalue weighted by atomic mass is 79.9. The number of nitrogens with one attached hydrogen (secondary N) is 1. The molecule has 18 heavy (non-hydrogen) atoms. The molecule has 0 aliphatic heterocycles. The van der Waals surface area contributed by atoms with E-state index < -0.39 is 0 Å². The summed E-state index contributed by atoms with van der Waals surface area (Å²) >= 11 is 0. The van der Waals surface area contributed by atoms with Gasteiger partial charge in [-0.2, -0.15) is 0 Å². The molecule has 0 aliphatic rings. The number of benzene rings is 2. The van der Waals surface area contributed by atoms with E-state index in [2.05, 4.69) is 66.0 Å². The van der Waals surface area contributed by atoms with Crippen LogP contribution in [0.5, 0.6) is 0 Å². The van der Waals surface area contributed by atoms with Crippen molar-refractivity contribution < 1.29 is 0 Å². The Labute approximate surface area is 120 Å². The van der Waals surface area contributed by atoms with Gasteiger partial charge >= 0.3 is 0 Å². The van der Waals surface area contributed by atoms with E-state index >= 15 is 0 Å². The van der Waals surface area contributed by atoms with E-state index in [4.69, 9.17) is 0 Å². The Bertz CT molecular complexity index is 372. The van der Waals surface area contributed by atoms with E-state index in [9.17, 15) is 0 Å². The Hall–Kier alpha value is -1.12. The first kappa shape index (κ1) is 14.9. The van der Waals surface area contributed by atoms with Crippen molar-refractivity contribution in [2.75, 3.05) is 6.54 Å². The smallest absolute Gasteiger partial charge is 0.0205 e. The van der Waals surface area contributed by atoms with E-state index in [0.29, 0.717) is 0 Å². The van der Waals surface area contributed by atoms with E-state index in [0.717, 1.165) is 19.5 Å². The third kappa shape index (κ3) is 5.48. The van der Waals surface area contributed by atoms with E-state index in [-0.39, 0.29) is 17.0 Å². The lowest BCUT2D eigenvalue weighted by atomic mass is 10.1. The van der Waals surface area contributed by atoms with Gasteiger partial charge in [0.05, 0.1) is 0 Å². The minimum Gasteiger partial charge on any atom is -0.313 e. The maximum Gasteiger partial charge on any atom is 0.0205 e. The topological polar surface area (TPSA) is 12.0 Å². The van der Waals surface area contributed by atoms with E-state index in [1.807, 2.05) is 0 Å². The number of halogens is 1. The maximum atomic E-state index is 3.47. The molecular formula is C16H20BrN. The summed E-state index contributed by atoms with van der Waals surface area (Å²) in [5.74, 6) is 0. The largest absolute Gasteiger partial charge is 0.313 e. The van der Waals surface area contributed by atoms with Gasteiger partial charge in [0, 0.05) is 6.54 Å². The molecule has 0 aromatic heterocycles. The van der Waals surface area contributed by atoms with Crippen LogP contribution in [0.4, 0.5) is 0 Å². The predicted octanol–water partition coefficient (Wildman–Crippen LogP) is 3.99. The highest BCUT2D eigenvalue weighted by Gasteiger charge is 1.93. The molecule has 0 bridgehead atoms. The van der Waals surface area contributed by atoms with Gasteiger partial charge in [-0.15, -0.1) is 17.0 Å². The molecule has 2 heteroatoms. The van der Waals surface area contributed by atoms with E-state index in [1.54, 1.807) is 0 Å². The summed E-state index contributed by atoms with van der Waals surface area (Å²) in [6.45, 7) is 2.04. The average Bonchev–Trinajstić information content (AvgIpc) is 2.41. The molecule has 0 amide bonds. The number of rotatable bonds is 6. The zero-order valence-electron chi connectivity index (χ0n) is 10.5. The van der Waals surface area contributed by atoms with Crippen LogP contribution in [0.1, 0.15) is 17.5 Å². The zero-order valence-corrected chi connectivity index (χ0v) is 12.2. The fraction of sp³-hybridized carbons (Fsp3) is 0.250. The Morgan fingerprint density at radius 3 is 1.89 bits per heavy atom. The van der Waals surface area contributed by atoms with Crippen molar-refractivity contribution in [3.63, 3.8) is 0 Å². The molecule has 0 unspecified atom stereocenters. The van der Waals surface area contributed by atoms with Gasteiger partial charge in [-0.3, -0.25) is 0 Å². The standard InChI is InChI=1S/C16H19N.BrH/c1-3-8-15(9-4-1)12-7-13-17-14-16-10-5-2-6-11-16;/h1-6,8-11,17H,7,12-14H2;1H. The minimum absolute atomic E-state index is 0. The normalized spacial score (nSPS) is 9.78. The van der Waals surface area contributed by atoms with Crippen molar-refractivity contribution in [1.29, 1.82) is 0 Å². The van der Waals surface area contributed by atoms with Crippen molar-refractivity contribution in [2.45, 2.75) is 19.4 Å². The van der Waals surface area contributed by atoms with Crippen LogP contribution in [0.3, 0.4) is 0 Å². The van der Waals surface area contributed by atoms with Gasteiger partial charge in [0.25, 0.3) is 0 Å². The number of aryl methyl sites for hydroxylation is 1. The van der Waals surface area contributed by atoms with Gasteiger partial charge in [0.1, 0.15) is 0 Å². The average molecular weight is 306 g/mol. The highest BCUT2D eigenvalue weighted by molar-refractivity contribution is 8.93. The Balaban J connectivity index is 0.00000162. The Morgan fingerprint density at radius 1 is 0.722 bits per heavy atom. The SMILES string of the molecule is Br.c1ccc(CCCNCc2ccccc2)cc1. The molecule has 2 aromatic carbocycles. The molecule has 2 rings (SSSR count). The van der Waals surface area contributed by atoms with Gasteiger partial charge in [0.2, 0.25) is 0 Å². The molecule has 0 heterocycles. The van der Waals surface area contributed by atoms with Crippen LogP contribution in [-0.2, 0) is 13.0 Å². The van der Waals surface area contributed by atoms with Crippen molar-refractivity contribution in [3.8, 4) is 0 Å². The quantitative estimate of drug-likeness (QED) is 0.796. The van der Waals surface area contributed by atoms with Gasteiger partial charge < -0.3 is 5.32 Å². The lowest BCUT2D eigenvalue weighted by molar-refractivity contribution is 0.649. The maximum absolute atomic E-state index is 3.47. The first-order valence-corrected chi connectivity index (χ1v) is 6.24. The minimum atomic E-state index is 0. The molecular weight excluding hydrogens is 286 g/mol. The summed E-state index contributed by atoms with van der Waals surface area (Å²) < 4.78 is 0. The first-order valence-electron chi connectivity index (χ1n) is 6.24. The van der Waals surface area contributed by atoms with Crippen LogP contribution >= 0.6 is 17.0 Å². The van der Waals surface area contributed by atoms with Gasteiger partial charge in [-0.1, -0.05) is 60.7 Å². The summed E-state index contributed by atoms with van der Waals surface area (Å²) in [5.41, 5.74) is 2.78. The summed E-state index contributed by atoms with van der Waals surface area (Å²) in [5, 5.41) is 3.47. The monoisotopic (exact) mass is 305 g/mol. The van der Waals surface area contributed by atoms with Gasteiger partial charge in [0.15, 0.2) is 0 Å². The summed E-state index contributed by atoms with van der Waals surface area (Å²) in [7, 11) is 0. The summed E-state index contributed by atoms with van der Waals surface area (Å²) in [4.78, 5) is 0. The molecule has 0 spiro atoms. The molecule has 96 valence electrons. The second-order valence-electron chi connectivity index (χ2n) is 4.25. The first-order chi connectivity index (χ1) is 8.45. The Kier molecular flexibility index (Phi) is 7.38. The van der Waals surface area contributed by atoms with Crippen LogP contribution < -0.4 is 5.32 Å². The molecule has 2 aromatic rings.